The lowest BCUT2D eigenvalue weighted by Crippen LogP contribution is -2.11. The van der Waals surface area contributed by atoms with Crippen molar-refractivity contribution in [3.63, 3.8) is 0 Å². The first-order valence-electron chi connectivity index (χ1n) is 9.25. The molecule has 3 aromatic rings. The van der Waals surface area contributed by atoms with E-state index in [0.29, 0.717) is 5.69 Å². The SMILES string of the molecule is Cc1cc(C=Nc2cccc([N+](=O)[O-])c2)c(C)n1-c1ccc(C(C)(C)C)cc1. The maximum Gasteiger partial charge on any atom is 0.271 e. The fourth-order valence-electron chi connectivity index (χ4n) is 3.26. The Balaban J connectivity index is 1.92. The van der Waals surface area contributed by atoms with Gasteiger partial charge in [-0.05, 0) is 49.1 Å². The van der Waals surface area contributed by atoms with E-state index in [2.05, 4.69) is 74.5 Å². The van der Waals surface area contributed by atoms with E-state index in [1.54, 1.807) is 18.3 Å². The van der Waals surface area contributed by atoms with Crippen molar-refractivity contribution in [1.29, 1.82) is 0 Å². The van der Waals surface area contributed by atoms with Gasteiger partial charge in [0.05, 0.1) is 10.6 Å². The van der Waals surface area contributed by atoms with Gasteiger partial charge in [0.15, 0.2) is 0 Å². The van der Waals surface area contributed by atoms with Gasteiger partial charge in [-0.2, -0.15) is 0 Å². The molecule has 5 nitrogen and oxygen atoms in total. The van der Waals surface area contributed by atoms with Gasteiger partial charge in [0, 0.05) is 41.0 Å². The predicted molar refractivity (Wildman–Crippen MR) is 114 cm³/mol. The number of benzene rings is 2. The summed E-state index contributed by atoms with van der Waals surface area (Å²) < 4.78 is 2.20. The highest BCUT2D eigenvalue weighted by molar-refractivity contribution is 5.84. The van der Waals surface area contributed by atoms with Gasteiger partial charge >= 0.3 is 0 Å². The number of aliphatic imine (C=N–C) groups is 1. The summed E-state index contributed by atoms with van der Waals surface area (Å²) in [5.74, 6) is 0. The van der Waals surface area contributed by atoms with Crippen LogP contribution in [0, 0.1) is 24.0 Å². The van der Waals surface area contributed by atoms with Crippen molar-refractivity contribution in [1.82, 2.24) is 4.57 Å². The molecule has 0 saturated heterocycles. The zero-order valence-electron chi connectivity index (χ0n) is 16.9. The van der Waals surface area contributed by atoms with Crippen LogP contribution in [0.3, 0.4) is 0 Å². The van der Waals surface area contributed by atoms with Crippen molar-refractivity contribution in [3.8, 4) is 5.69 Å². The normalized spacial score (nSPS) is 11.9. The van der Waals surface area contributed by atoms with E-state index in [1.165, 1.54) is 17.7 Å². The quantitative estimate of drug-likeness (QED) is 0.316. The van der Waals surface area contributed by atoms with Crippen LogP contribution in [-0.4, -0.2) is 15.7 Å². The highest BCUT2D eigenvalue weighted by atomic mass is 16.6. The van der Waals surface area contributed by atoms with Crippen molar-refractivity contribution >= 4 is 17.6 Å². The lowest BCUT2D eigenvalue weighted by Gasteiger charge is -2.20. The third kappa shape index (κ3) is 4.03. The summed E-state index contributed by atoms with van der Waals surface area (Å²) in [6.45, 7) is 10.7. The molecule has 0 aliphatic carbocycles. The Kier molecular flexibility index (Phi) is 5.18. The highest BCUT2D eigenvalue weighted by Crippen LogP contribution is 2.26. The van der Waals surface area contributed by atoms with Crippen LogP contribution < -0.4 is 0 Å². The molecule has 0 radical (unpaired) electrons. The fourth-order valence-corrected chi connectivity index (χ4v) is 3.26. The first kappa shape index (κ1) is 19.5. The van der Waals surface area contributed by atoms with Gasteiger partial charge in [-0.3, -0.25) is 15.1 Å². The molecule has 1 aromatic heterocycles. The number of hydrogen-bond donors (Lipinski definition) is 0. The molecule has 28 heavy (non-hydrogen) atoms. The summed E-state index contributed by atoms with van der Waals surface area (Å²) in [6, 6.07) is 17.0. The van der Waals surface area contributed by atoms with Gasteiger partial charge in [-0.1, -0.05) is 39.0 Å². The fraction of sp³-hybridized carbons (Fsp3) is 0.261. The van der Waals surface area contributed by atoms with Crippen LogP contribution in [0.4, 0.5) is 11.4 Å². The van der Waals surface area contributed by atoms with Crippen LogP contribution >= 0.6 is 0 Å². The Labute approximate surface area is 165 Å². The Morgan fingerprint density at radius 3 is 2.32 bits per heavy atom. The molecular formula is C23H25N3O2. The molecular weight excluding hydrogens is 350 g/mol. The molecule has 0 N–H and O–H groups in total. The van der Waals surface area contributed by atoms with E-state index in [4.69, 9.17) is 0 Å². The average Bonchev–Trinajstić information content (AvgIpc) is 2.93. The number of aromatic nitrogens is 1. The highest BCUT2D eigenvalue weighted by Gasteiger charge is 2.14. The molecule has 0 atom stereocenters. The van der Waals surface area contributed by atoms with Crippen LogP contribution in [0.2, 0.25) is 0 Å². The minimum Gasteiger partial charge on any atom is -0.318 e. The summed E-state index contributed by atoms with van der Waals surface area (Å²) in [7, 11) is 0. The van der Waals surface area contributed by atoms with Crippen LogP contribution in [-0.2, 0) is 5.41 Å². The minimum absolute atomic E-state index is 0.0408. The Bertz CT molecular complexity index is 1040. The minimum atomic E-state index is -0.411. The second-order valence-corrected chi connectivity index (χ2v) is 7.99. The molecule has 0 aliphatic heterocycles. The zero-order chi connectivity index (χ0) is 20.5. The first-order chi connectivity index (χ1) is 13.2. The number of nitro benzene ring substituents is 1. The monoisotopic (exact) mass is 375 g/mol. The van der Waals surface area contributed by atoms with Crippen LogP contribution in [0.5, 0.6) is 0 Å². The zero-order valence-corrected chi connectivity index (χ0v) is 16.9. The molecule has 2 aromatic carbocycles. The number of rotatable bonds is 4. The van der Waals surface area contributed by atoms with Gasteiger partial charge in [0.1, 0.15) is 0 Å². The van der Waals surface area contributed by atoms with E-state index in [-0.39, 0.29) is 11.1 Å². The van der Waals surface area contributed by atoms with Gasteiger partial charge < -0.3 is 4.57 Å². The van der Waals surface area contributed by atoms with Crippen molar-refractivity contribution < 1.29 is 4.92 Å². The third-order valence-corrected chi connectivity index (χ3v) is 4.86. The Morgan fingerprint density at radius 1 is 1.04 bits per heavy atom. The number of non-ortho nitro benzene ring substituents is 1. The van der Waals surface area contributed by atoms with Gasteiger partial charge in [-0.15, -0.1) is 0 Å². The first-order valence-corrected chi connectivity index (χ1v) is 9.25. The smallest absolute Gasteiger partial charge is 0.271 e. The van der Waals surface area contributed by atoms with Crippen molar-refractivity contribution in [2.75, 3.05) is 0 Å². The molecule has 144 valence electrons. The molecule has 0 bridgehead atoms. The van der Waals surface area contributed by atoms with E-state index in [1.807, 2.05) is 0 Å². The molecule has 5 heteroatoms. The summed E-state index contributed by atoms with van der Waals surface area (Å²) in [5.41, 5.74) is 6.31. The van der Waals surface area contributed by atoms with Gasteiger partial charge in [0.25, 0.3) is 5.69 Å². The summed E-state index contributed by atoms with van der Waals surface area (Å²) in [6.07, 6.45) is 1.77. The lowest BCUT2D eigenvalue weighted by molar-refractivity contribution is -0.384. The number of hydrogen-bond acceptors (Lipinski definition) is 3. The van der Waals surface area contributed by atoms with Crippen LogP contribution in [0.15, 0.2) is 59.6 Å². The molecule has 0 saturated carbocycles. The topological polar surface area (TPSA) is 60.4 Å². The Morgan fingerprint density at radius 2 is 1.71 bits per heavy atom. The largest absolute Gasteiger partial charge is 0.318 e. The van der Waals surface area contributed by atoms with E-state index >= 15 is 0 Å². The average molecular weight is 375 g/mol. The number of aryl methyl sites for hydroxylation is 1. The molecule has 1 heterocycles. The molecule has 0 unspecified atom stereocenters. The second kappa shape index (κ2) is 7.43. The lowest BCUT2D eigenvalue weighted by atomic mass is 9.87. The predicted octanol–water partition coefficient (Wildman–Crippen LogP) is 6.05. The molecule has 3 rings (SSSR count). The molecule has 0 fully saturated rings. The third-order valence-electron chi connectivity index (χ3n) is 4.86. The van der Waals surface area contributed by atoms with Gasteiger partial charge in [0.2, 0.25) is 0 Å². The summed E-state index contributed by atoms with van der Waals surface area (Å²) in [4.78, 5) is 14.9. The number of nitro groups is 1. The van der Waals surface area contributed by atoms with Gasteiger partial charge in [-0.25, -0.2) is 0 Å². The standard InChI is InChI=1S/C23H25N3O2/c1-16-13-18(15-24-20-7-6-8-22(14-20)26(27)28)17(2)25(16)21-11-9-19(10-12-21)23(3,4)5/h6-15H,1-5H3. The van der Waals surface area contributed by atoms with E-state index in [9.17, 15) is 10.1 Å². The van der Waals surface area contributed by atoms with Crippen LogP contribution in [0.25, 0.3) is 5.69 Å². The summed E-state index contributed by atoms with van der Waals surface area (Å²) >= 11 is 0. The maximum atomic E-state index is 10.9. The van der Waals surface area contributed by atoms with Crippen molar-refractivity contribution in [2.45, 2.75) is 40.0 Å². The van der Waals surface area contributed by atoms with E-state index in [0.717, 1.165) is 22.6 Å². The molecule has 0 aliphatic rings. The summed E-state index contributed by atoms with van der Waals surface area (Å²) in [5, 5.41) is 10.9. The molecule has 0 spiro atoms. The van der Waals surface area contributed by atoms with Crippen molar-refractivity contribution in [2.24, 2.45) is 4.99 Å². The maximum absolute atomic E-state index is 10.9. The Hall–Kier alpha value is -3.21. The molecule has 0 amide bonds. The van der Waals surface area contributed by atoms with E-state index < -0.39 is 4.92 Å². The number of nitrogens with zero attached hydrogens (tertiary/aromatic N) is 3. The second-order valence-electron chi connectivity index (χ2n) is 7.99. The van der Waals surface area contributed by atoms with Crippen LogP contribution in [0.1, 0.15) is 43.3 Å². The van der Waals surface area contributed by atoms with Crippen molar-refractivity contribution in [3.05, 3.63) is 87.2 Å².